The third-order valence-electron chi connectivity index (χ3n) is 5.77. The fourth-order valence-electron chi connectivity index (χ4n) is 3.73. The number of benzene rings is 2. The number of aryl methyl sites for hydroxylation is 1. The van der Waals surface area contributed by atoms with Gasteiger partial charge in [0.2, 0.25) is 11.8 Å². The zero-order chi connectivity index (χ0) is 21.8. The van der Waals surface area contributed by atoms with Crippen LogP contribution >= 0.6 is 0 Å². The molecule has 2 heterocycles. The van der Waals surface area contributed by atoms with Crippen LogP contribution in [0.2, 0.25) is 0 Å². The van der Waals surface area contributed by atoms with Gasteiger partial charge in [0.15, 0.2) is 0 Å². The van der Waals surface area contributed by atoms with Gasteiger partial charge in [0, 0.05) is 50.9 Å². The van der Waals surface area contributed by atoms with Crippen LogP contribution in [0.25, 0.3) is 11.5 Å². The number of anilines is 2. The average Bonchev–Trinajstić information content (AvgIpc) is 3.28. The van der Waals surface area contributed by atoms with Crippen molar-refractivity contribution in [2.45, 2.75) is 26.3 Å². The van der Waals surface area contributed by atoms with Gasteiger partial charge in [0.25, 0.3) is 0 Å². The van der Waals surface area contributed by atoms with E-state index in [1.54, 1.807) is 0 Å². The minimum Gasteiger partial charge on any atom is -0.403 e. The van der Waals surface area contributed by atoms with Crippen LogP contribution in [0.1, 0.15) is 24.0 Å². The topological polar surface area (TPSA) is 74.5 Å². The number of piperidine rings is 1. The zero-order valence-electron chi connectivity index (χ0n) is 18.3. The lowest BCUT2D eigenvalue weighted by molar-refractivity contribution is -0.125. The van der Waals surface area contributed by atoms with E-state index >= 15 is 0 Å². The molecule has 0 bridgehead atoms. The summed E-state index contributed by atoms with van der Waals surface area (Å²) in [5.74, 6) is 0.647. The highest BCUT2D eigenvalue weighted by atomic mass is 16.4. The molecule has 1 fully saturated rings. The summed E-state index contributed by atoms with van der Waals surface area (Å²) < 4.78 is 5.88. The molecule has 0 atom stereocenters. The van der Waals surface area contributed by atoms with Gasteiger partial charge in [-0.2, -0.15) is 0 Å². The smallest absolute Gasteiger partial charge is 0.318 e. The van der Waals surface area contributed by atoms with Crippen molar-refractivity contribution in [1.82, 2.24) is 15.5 Å². The lowest BCUT2D eigenvalue weighted by Crippen LogP contribution is -2.40. The van der Waals surface area contributed by atoms with Crippen LogP contribution in [-0.2, 0) is 11.3 Å². The van der Waals surface area contributed by atoms with Crippen molar-refractivity contribution in [3.63, 3.8) is 0 Å². The number of nitrogens with one attached hydrogen (secondary N) is 1. The Kier molecular flexibility index (Phi) is 6.21. The summed E-state index contributed by atoms with van der Waals surface area (Å²) in [5, 5.41) is 11.5. The molecule has 2 aromatic carbocycles. The molecule has 162 valence electrons. The maximum atomic E-state index is 12.6. The number of amides is 1. The summed E-state index contributed by atoms with van der Waals surface area (Å²) in [4.78, 5) is 16.7. The third-order valence-corrected chi connectivity index (χ3v) is 5.77. The minimum absolute atomic E-state index is 0.0109. The summed E-state index contributed by atoms with van der Waals surface area (Å²) >= 11 is 0. The van der Waals surface area contributed by atoms with Crippen LogP contribution in [0.15, 0.2) is 52.9 Å². The van der Waals surface area contributed by atoms with Gasteiger partial charge < -0.3 is 19.5 Å². The maximum Gasteiger partial charge on any atom is 0.318 e. The summed E-state index contributed by atoms with van der Waals surface area (Å²) in [6.07, 6.45) is 1.54. The zero-order valence-corrected chi connectivity index (χ0v) is 18.3. The molecule has 1 aromatic heterocycles. The van der Waals surface area contributed by atoms with E-state index in [0.29, 0.717) is 18.5 Å². The molecule has 7 heteroatoms. The Morgan fingerprint density at radius 1 is 1.06 bits per heavy atom. The first-order valence-corrected chi connectivity index (χ1v) is 10.7. The number of nitrogens with zero attached hydrogens (tertiary/aromatic N) is 4. The van der Waals surface area contributed by atoms with Crippen molar-refractivity contribution >= 4 is 17.6 Å². The van der Waals surface area contributed by atoms with E-state index in [4.69, 9.17) is 4.42 Å². The first kappa shape index (κ1) is 20.9. The Bertz CT molecular complexity index is 1000. The monoisotopic (exact) mass is 419 g/mol. The van der Waals surface area contributed by atoms with Gasteiger partial charge in [-0.05, 0) is 49.6 Å². The number of hydrogen-bond acceptors (Lipinski definition) is 6. The van der Waals surface area contributed by atoms with Gasteiger partial charge >= 0.3 is 6.01 Å². The van der Waals surface area contributed by atoms with Crippen LogP contribution in [-0.4, -0.2) is 43.3 Å². The average molecular weight is 420 g/mol. The highest BCUT2D eigenvalue weighted by Gasteiger charge is 2.27. The quantitative estimate of drug-likeness (QED) is 0.658. The van der Waals surface area contributed by atoms with Gasteiger partial charge in [-0.1, -0.05) is 34.9 Å². The van der Waals surface area contributed by atoms with Gasteiger partial charge in [-0.3, -0.25) is 4.79 Å². The van der Waals surface area contributed by atoms with E-state index in [0.717, 1.165) is 42.7 Å². The lowest BCUT2D eigenvalue weighted by Gasteiger charge is -2.29. The highest BCUT2D eigenvalue weighted by molar-refractivity contribution is 5.79. The van der Waals surface area contributed by atoms with Crippen molar-refractivity contribution in [1.29, 1.82) is 0 Å². The Morgan fingerprint density at radius 3 is 2.39 bits per heavy atom. The lowest BCUT2D eigenvalue weighted by atomic mass is 9.96. The predicted molar refractivity (Wildman–Crippen MR) is 122 cm³/mol. The number of aromatic nitrogens is 2. The molecular formula is C24H29N5O2. The first-order valence-electron chi connectivity index (χ1n) is 10.7. The van der Waals surface area contributed by atoms with Crippen molar-refractivity contribution in [2.24, 2.45) is 5.92 Å². The van der Waals surface area contributed by atoms with Gasteiger partial charge in [0.05, 0.1) is 0 Å². The number of carbonyl (C=O) groups excluding carboxylic acids is 1. The van der Waals surface area contributed by atoms with Crippen molar-refractivity contribution in [3.8, 4) is 11.5 Å². The SMILES string of the molecule is Cc1ccc(-c2nnc(N3CCC(C(=O)NCc4ccc(N(C)C)cc4)CC3)o2)cc1. The molecule has 0 radical (unpaired) electrons. The molecule has 3 aromatic rings. The molecule has 1 amide bonds. The Morgan fingerprint density at radius 2 is 1.74 bits per heavy atom. The first-order chi connectivity index (χ1) is 15.0. The van der Waals surface area contributed by atoms with Gasteiger partial charge in [-0.25, -0.2) is 0 Å². The molecule has 31 heavy (non-hydrogen) atoms. The summed E-state index contributed by atoms with van der Waals surface area (Å²) in [7, 11) is 4.03. The molecule has 4 rings (SSSR count). The summed E-state index contributed by atoms with van der Waals surface area (Å²) in [6.45, 7) is 4.05. The standard InChI is InChI=1S/C24H29N5O2/c1-17-4-8-20(9-5-17)23-26-27-24(31-23)29-14-12-19(13-15-29)22(30)25-16-18-6-10-21(11-7-18)28(2)3/h4-11,19H,12-16H2,1-3H3,(H,25,30). The van der Waals surface area contributed by atoms with E-state index in [1.165, 1.54) is 5.56 Å². The molecule has 1 N–H and O–H groups in total. The van der Waals surface area contributed by atoms with E-state index in [9.17, 15) is 4.79 Å². The molecule has 0 spiro atoms. The van der Waals surface area contributed by atoms with E-state index < -0.39 is 0 Å². The molecule has 0 saturated carbocycles. The van der Waals surface area contributed by atoms with Crippen LogP contribution in [0, 0.1) is 12.8 Å². The number of carbonyl (C=O) groups is 1. The van der Waals surface area contributed by atoms with Crippen LogP contribution in [0.5, 0.6) is 0 Å². The molecule has 1 aliphatic rings. The Balaban J connectivity index is 1.27. The maximum absolute atomic E-state index is 12.6. The Labute approximate surface area is 183 Å². The molecular weight excluding hydrogens is 390 g/mol. The fraction of sp³-hybridized carbons (Fsp3) is 0.375. The van der Waals surface area contributed by atoms with Crippen LogP contribution < -0.4 is 15.1 Å². The second-order valence-electron chi connectivity index (χ2n) is 8.30. The van der Waals surface area contributed by atoms with Crippen molar-refractivity contribution in [3.05, 3.63) is 59.7 Å². The Hall–Kier alpha value is -3.35. The normalized spacial score (nSPS) is 14.5. The minimum atomic E-state index is 0.0109. The fourth-order valence-corrected chi connectivity index (χ4v) is 3.73. The second-order valence-corrected chi connectivity index (χ2v) is 8.30. The molecule has 0 aliphatic carbocycles. The third kappa shape index (κ3) is 5.05. The summed E-state index contributed by atoms with van der Waals surface area (Å²) in [6, 6.07) is 16.8. The largest absolute Gasteiger partial charge is 0.403 e. The van der Waals surface area contributed by atoms with E-state index in [-0.39, 0.29) is 11.8 Å². The molecule has 0 unspecified atom stereocenters. The van der Waals surface area contributed by atoms with E-state index in [2.05, 4.69) is 49.6 Å². The van der Waals surface area contributed by atoms with Crippen LogP contribution in [0.3, 0.4) is 0 Å². The predicted octanol–water partition coefficient (Wildman–Crippen LogP) is 3.64. The molecule has 1 saturated heterocycles. The van der Waals surface area contributed by atoms with Crippen molar-refractivity contribution in [2.75, 3.05) is 37.0 Å². The van der Waals surface area contributed by atoms with Crippen LogP contribution in [0.4, 0.5) is 11.7 Å². The van der Waals surface area contributed by atoms with E-state index in [1.807, 2.05) is 45.3 Å². The second kappa shape index (κ2) is 9.20. The van der Waals surface area contributed by atoms with Gasteiger partial charge in [0.1, 0.15) is 0 Å². The van der Waals surface area contributed by atoms with Gasteiger partial charge in [-0.15, -0.1) is 5.10 Å². The summed E-state index contributed by atoms with van der Waals surface area (Å²) in [5.41, 5.74) is 4.35. The van der Waals surface area contributed by atoms with Crippen molar-refractivity contribution < 1.29 is 9.21 Å². The molecule has 1 aliphatic heterocycles. The molecule has 7 nitrogen and oxygen atoms in total. The highest BCUT2D eigenvalue weighted by Crippen LogP contribution is 2.26. The number of hydrogen-bond donors (Lipinski definition) is 1. The number of rotatable bonds is 6.